The molecule has 1 amide bonds. The summed E-state index contributed by atoms with van der Waals surface area (Å²) in [5, 5.41) is 11.4. The summed E-state index contributed by atoms with van der Waals surface area (Å²) in [6.45, 7) is 5.25. The minimum absolute atomic E-state index is 0.0252. The van der Waals surface area contributed by atoms with E-state index < -0.39 is 17.7 Å². The lowest BCUT2D eigenvalue weighted by Crippen LogP contribution is -2.27. The molecule has 6 nitrogen and oxygen atoms in total. The molecule has 0 aliphatic rings. The zero-order chi connectivity index (χ0) is 14.6. The number of carboxylic acid groups (broad SMARTS) is 1. The Morgan fingerprint density at radius 1 is 1.26 bits per heavy atom. The van der Waals surface area contributed by atoms with E-state index in [1.54, 1.807) is 20.8 Å². The van der Waals surface area contributed by atoms with Gasteiger partial charge in [-0.05, 0) is 32.9 Å². The Kier molecular flexibility index (Phi) is 4.37. The highest BCUT2D eigenvalue weighted by atomic mass is 16.6. The van der Waals surface area contributed by atoms with Gasteiger partial charge in [-0.25, -0.2) is 9.59 Å². The van der Waals surface area contributed by atoms with Gasteiger partial charge in [-0.15, -0.1) is 0 Å². The molecule has 6 heteroatoms. The summed E-state index contributed by atoms with van der Waals surface area (Å²) in [7, 11) is 1.36. The molecule has 2 N–H and O–H groups in total. The van der Waals surface area contributed by atoms with Crippen LogP contribution in [0.1, 0.15) is 31.1 Å². The lowest BCUT2D eigenvalue weighted by molar-refractivity contribution is 0.0634. The molecule has 0 aliphatic heterocycles. The van der Waals surface area contributed by atoms with Crippen LogP contribution in [0.5, 0.6) is 5.75 Å². The van der Waals surface area contributed by atoms with Crippen molar-refractivity contribution in [1.82, 2.24) is 0 Å². The molecule has 0 heterocycles. The average Bonchev–Trinajstić information content (AvgIpc) is 2.25. The molecule has 0 radical (unpaired) electrons. The van der Waals surface area contributed by atoms with Gasteiger partial charge in [0.25, 0.3) is 0 Å². The van der Waals surface area contributed by atoms with Crippen LogP contribution in [-0.2, 0) is 4.74 Å². The molecule has 0 saturated carbocycles. The molecule has 0 saturated heterocycles. The lowest BCUT2D eigenvalue weighted by Gasteiger charge is -2.19. The van der Waals surface area contributed by atoms with Crippen LogP contribution in [-0.4, -0.2) is 29.9 Å². The van der Waals surface area contributed by atoms with Gasteiger partial charge in [-0.2, -0.15) is 0 Å². The average molecular weight is 267 g/mol. The monoisotopic (exact) mass is 267 g/mol. The maximum absolute atomic E-state index is 11.6. The van der Waals surface area contributed by atoms with Crippen molar-refractivity contribution in [3.05, 3.63) is 23.8 Å². The first-order valence-electron chi connectivity index (χ1n) is 5.64. The highest BCUT2D eigenvalue weighted by Gasteiger charge is 2.17. The Balaban J connectivity index is 2.86. The van der Waals surface area contributed by atoms with Gasteiger partial charge >= 0.3 is 12.1 Å². The van der Waals surface area contributed by atoms with Gasteiger partial charge in [0.15, 0.2) is 0 Å². The molecule has 1 aromatic carbocycles. The SMILES string of the molecule is COc1cc(NC(=O)OC(C)(C)C)ccc1C(=O)O. The van der Waals surface area contributed by atoms with Crippen molar-refractivity contribution in [2.45, 2.75) is 26.4 Å². The molecule has 0 fully saturated rings. The van der Waals surface area contributed by atoms with E-state index in [2.05, 4.69) is 5.32 Å². The largest absolute Gasteiger partial charge is 0.496 e. The third kappa shape index (κ3) is 4.50. The molecular weight excluding hydrogens is 250 g/mol. The second-order valence-corrected chi connectivity index (χ2v) is 4.85. The number of carbonyl (C=O) groups is 2. The van der Waals surface area contributed by atoms with Gasteiger partial charge in [0.2, 0.25) is 0 Å². The van der Waals surface area contributed by atoms with Gasteiger partial charge in [0, 0.05) is 11.8 Å². The van der Waals surface area contributed by atoms with Crippen molar-refractivity contribution in [1.29, 1.82) is 0 Å². The third-order valence-electron chi connectivity index (χ3n) is 2.08. The van der Waals surface area contributed by atoms with Crippen molar-refractivity contribution >= 4 is 17.7 Å². The fourth-order valence-corrected chi connectivity index (χ4v) is 1.37. The summed E-state index contributed by atoms with van der Waals surface area (Å²) < 4.78 is 10.0. The maximum Gasteiger partial charge on any atom is 0.412 e. The minimum atomic E-state index is -1.10. The Morgan fingerprint density at radius 3 is 2.37 bits per heavy atom. The topological polar surface area (TPSA) is 84.9 Å². The highest BCUT2D eigenvalue weighted by Crippen LogP contribution is 2.23. The number of ether oxygens (including phenoxy) is 2. The Hall–Kier alpha value is -2.24. The lowest BCUT2D eigenvalue weighted by atomic mass is 10.2. The fourth-order valence-electron chi connectivity index (χ4n) is 1.37. The van der Waals surface area contributed by atoms with Crippen LogP contribution in [0.3, 0.4) is 0 Å². The van der Waals surface area contributed by atoms with Crippen LogP contribution < -0.4 is 10.1 Å². The molecule has 19 heavy (non-hydrogen) atoms. The molecule has 0 aromatic heterocycles. The van der Waals surface area contributed by atoms with Crippen molar-refractivity contribution in [2.75, 3.05) is 12.4 Å². The summed E-state index contributed by atoms with van der Waals surface area (Å²) in [6, 6.07) is 4.25. The standard InChI is InChI=1S/C13H17NO5/c1-13(2,3)19-12(17)14-8-5-6-9(11(15)16)10(7-8)18-4/h5-7H,1-4H3,(H,14,17)(H,15,16). The molecule has 0 unspecified atom stereocenters. The molecule has 0 bridgehead atoms. The van der Waals surface area contributed by atoms with Gasteiger partial charge in [-0.1, -0.05) is 0 Å². The smallest absolute Gasteiger partial charge is 0.412 e. The van der Waals surface area contributed by atoms with E-state index in [4.69, 9.17) is 14.6 Å². The number of benzene rings is 1. The number of hydrogen-bond donors (Lipinski definition) is 2. The quantitative estimate of drug-likeness (QED) is 0.879. The van der Waals surface area contributed by atoms with E-state index in [0.29, 0.717) is 5.69 Å². The van der Waals surface area contributed by atoms with Gasteiger partial charge < -0.3 is 14.6 Å². The zero-order valence-corrected chi connectivity index (χ0v) is 11.3. The molecule has 1 rings (SSSR count). The predicted molar refractivity (Wildman–Crippen MR) is 69.8 cm³/mol. The Morgan fingerprint density at radius 2 is 1.89 bits per heavy atom. The Labute approximate surface area is 111 Å². The van der Waals surface area contributed by atoms with Gasteiger partial charge in [-0.3, -0.25) is 5.32 Å². The number of anilines is 1. The number of methoxy groups -OCH3 is 1. The van der Waals surface area contributed by atoms with Crippen LogP contribution in [0.2, 0.25) is 0 Å². The number of hydrogen-bond acceptors (Lipinski definition) is 4. The molecule has 1 aromatic rings. The summed E-state index contributed by atoms with van der Waals surface area (Å²) in [6.07, 6.45) is -0.613. The van der Waals surface area contributed by atoms with E-state index in [1.807, 2.05) is 0 Å². The van der Waals surface area contributed by atoms with Crippen molar-refractivity contribution in [3.63, 3.8) is 0 Å². The van der Waals surface area contributed by atoms with Crippen LogP contribution in [0.25, 0.3) is 0 Å². The third-order valence-corrected chi connectivity index (χ3v) is 2.08. The first kappa shape index (κ1) is 14.8. The number of amides is 1. The van der Waals surface area contributed by atoms with E-state index in [-0.39, 0.29) is 11.3 Å². The predicted octanol–water partition coefficient (Wildman–Crippen LogP) is 2.74. The summed E-state index contributed by atoms with van der Waals surface area (Å²) in [5.41, 5.74) is -0.178. The van der Waals surface area contributed by atoms with Gasteiger partial charge in [0.05, 0.1) is 7.11 Å². The summed E-state index contributed by atoms with van der Waals surface area (Å²) in [4.78, 5) is 22.5. The molecule has 0 atom stereocenters. The van der Waals surface area contributed by atoms with E-state index in [1.165, 1.54) is 25.3 Å². The molecule has 0 aliphatic carbocycles. The minimum Gasteiger partial charge on any atom is -0.496 e. The summed E-state index contributed by atoms with van der Waals surface area (Å²) in [5.74, 6) is -0.929. The normalized spacial score (nSPS) is 10.7. The first-order valence-corrected chi connectivity index (χ1v) is 5.64. The van der Waals surface area contributed by atoms with Crippen LogP contribution >= 0.6 is 0 Å². The van der Waals surface area contributed by atoms with Gasteiger partial charge in [0.1, 0.15) is 16.9 Å². The van der Waals surface area contributed by atoms with Crippen molar-refractivity contribution < 1.29 is 24.2 Å². The molecule has 0 spiro atoms. The van der Waals surface area contributed by atoms with Crippen LogP contribution in [0.15, 0.2) is 18.2 Å². The van der Waals surface area contributed by atoms with Crippen LogP contribution in [0.4, 0.5) is 10.5 Å². The Bertz CT molecular complexity index is 490. The number of nitrogens with one attached hydrogen (secondary N) is 1. The number of aromatic carboxylic acids is 1. The maximum atomic E-state index is 11.6. The summed E-state index contributed by atoms with van der Waals surface area (Å²) >= 11 is 0. The second-order valence-electron chi connectivity index (χ2n) is 4.85. The van der Waals surface area contributed by atoms with Crippen molar-refractivity contribution in [2.24, 2.45) is 0 Å². The second kappa shape index (κ2) is 5.60. The van der Waals surface area contributed by atoms with Crippen molar-refractivity contribution in [3.8, 4) is 5.75 Å². The fraction of sp³-hybridized carbons (Fsp3) is 0.385. The van der Waals surface area contributed by atoms with E-state index >= 15 is 0 Å². The molecular formula is C13H17NO5. The molecule has 104 valence electrons. The number of carboxylic acids is 1. The zero-order valence-electron chi connectivity index (χ0n) is 11.3. The number of rotatable bonds is 3. The highest BCUT2D eigenvalue weighted by molar-refractivity contribution is 5.93. The number of carbonyl (C=O) groups excluding carboxylic acids is 1. The van der Waals surface area contributed by atoms with E-state index in [9.17, 15) is 9.59 Å². The van der Waals surface area contributed by atoms with Crippen LogP contribution in [0, 0.1) is 0 Å². The van der Waals surface area contributed by atoms with E-state index in [0.717, 1.165) is 0 Å². The first-order chi connectivity index (χ1) is 8.73.